The van der Waals surface area contributed by atoms with Crippen LogP contribution >= 0.6 is 0 Å². The standard InChI is InChI=1S/C10H18N2O/c1-8(2)7-10(13)12-5-3-9(11)4-6-12/h7,9H,3-6,11H2,1-2H3. The van der Waals surface area contributed by atoms with Crippen molar-refractivity contribution in [3.8, 4) is 0 Å². The summed E-state index contributed by atoms with van der Waals surface area (Å²) in [4.78, 5) is 13.4. The average Bonchev–Trinajstić information content (AvgIpc) is 2.04. The van der Waals surface area contributed by atoms with E-state index in [1.165, 1.54) is 0 Å². The first-order chi connectivity index (χ1) is 6.09. The lowest BCUT2D eigenvalue weighted by molar-refractivity contribution is -0.127. The predicted octanol–water partition coefficient (Wildman–Crippen LogP) is 0.902. The molecule has 0 atom stereocenters. The summed E-state index contributed by atoms with van der Waals surface area (Å²) < 4.78 is 0. The van der Waals surface area contributed by atoms with E-state index in [4.69, 9.17) is 5.73 Å². The Kier molecular flexibility index (Phi) is 3.48. The third-order valence-electron chi connectivity index (χ3n) is 2.26. The van der Waals surface area contributed by atoms with Crippen LogP contribution in [-0.4, -0.2) is 29.9 Å². The van der Waals surface area contributed by atoms with Crippen LogP contribution in [0.3, 0.4) is 0 Å². The summed E-state index contributed by atoms with van der Waals surface area (Å²) in [6.45, 7) is 5.49. The van der Waals surface area contributed by atoms with Crippen molar-refractivity contribution in [3.05, 3.63) is 11.6 Å². The zero-order valence-corrected chi connectivity index (χ0v) is 8.42. The van der Waals surface area contributed by atoms with Gasteiger partial charge in [-0.25, -0.2) is 0 Å². The van der Waals surface area contributed by atoms with E-state index >= 15 is 0 Å². The van der Waals surface area contributed by atoms with E-state index in [-0.39, 0.29) is 11.9 Å². The van der Waals surface area contributed by atoms with E-state index in [0.29, 0.717) is 0 Å². The fraction of sp³-hybridized carbons (Fsp3) is 0.700. The molecular weight excluding hydrogens is 164 g/mol. The van der Waals surface area contributed by atoms with Crippen LogP contribution in [0.2, 0.25) is 0 Å². The molecule has 0 aromatic heterocycles. The van der Waals surface area contributed by atoms with Crippen LogP contribution in [0.4, 0.5) is 0 Å². The smallest absolute Gasteiger partial charge is 0.246 e. The Hall–Kier alpha value is -0.830. The molecule has 1 rings (SSSR count). The molecule has 0 saturated carbocycles. The van der Waals surface area contributed by atoms with Crippen molar-refractivity contribution in [2.24, 2.45) is 5.73 Å². The zero-order valence-electron chi connectivity index (χ0n) is 8.42. The van der Waals surface area contributed by atoms with Gasteiger partial charge in [0.1, 0.15) is 0 Å². The minimum atomic E-state index is 0.131. The minimum Gasteiger partial charge on any atom is -0.339 e. The number of rotatable bonds is 1. The molecule has 0 bridgehead atoms. The minimum absolute atomic E-state index is 0.131. The fourth-order valence-corrected chi connectivity index (χ4v) is 1.46. The van der Waals surface area contributed by atoms with Gasteiger partial charge in [0.2, 0.25) is 5.91 Å². The average molecular weight is 182 g/mol. The number of allylic oxidation sites excluding steroid dienone is 1. The summed E-state index contributed by atoms with van der Waals surface area (Å²) in [7, 11) is 0. The summed E-state index contributed by atoms with van der Waals surface area (Å²) in [6, 6.07) is 0.288. The summed E-state index contributed by atoms with van der Waals surface area (Å²) in [5.74, 6) is 0.131. The Morgan fingerprint density at radius 1 is 1.38 bits per heavy atom. The maximum Gasteiger partial charge on any atom is 0.246 e. The van der Waals surface area contributed by atoms with Crippen molar-refractivity contribution in [2.45, 2.75) is 32.7 Å². The topological polar surface area (TPSA) is 46.3 Å². The zero-order chi connectivity index (χ0) is 9.84. The van der Waals surface area contributed by atoms with Gasteiger partial charge in [-0.05, 0) is 26.7 Å². The Balaban J connectivity index is 2.45. The SMILES string of the molecule is CC(C)=CC(=O)N1CCC(N)CC1. The Bertz CT molecular complexity index is 211. The number of hydrogen-bond donors (Lipinski definition) is 1. The Morgan fingerprint density at radius 3 is 2.38 bits per heavy atom. The number of carbonyl (C=O) groups excluding carboxylic acids is 1. The fourth-order valence-electron chi connectivity index (χ4n) is 1.46. The molecule has 74 valence electrons. The van der Waals surface area contributed by atoms with Crippen LogP contribution in [0.15, 0.2) is 11.6 Å². The first kappa shape index (κ1) is 10.3. The van der Waals surface area contributed by atoms with Crippen LogP contribution < -0.4 is 5.73 Å². The van der Waals surface area contributed by atoms with Crippen LogP contribution in [-0.2, 0) is 4.79 Å². The quantitative estimate of drug-likeness (QED) is 0.612. The Labute approximate surface area is 79.6 Å². The molecule has 3 nitrogen and oxygen atoms in total. The lowest BCUT2D eigenvalue weighted by atomic mass is 10.1. The normalized spacial score (nSPS) is 18.5. The highest BCUT2D eigenvalue weighted by molar-refractivity contribution is 5.88. The second-order valence-electron chi connectivity index (χ2n) is 3.88. The summed E-state index contributed by atoms with van der Waals surface area (Å²) in [5.41, 5.74) is 6.80. The van der Waals surface area contributed by atoms with E-state index in [1.807, 2.05) is 18.7 Å². The van der Waals surface area contributed by atoms with E-state index in [2.05, 4.69) is 0 Å². The maximum atomic E-state index is 11.5. The molecule has 0 aliphatic carbocycles. The first-order valence-electron chi connectivity index (χ1n) is 4.79. The largest absolute Gasteiger partial charge is 0.339 e. The van der Waals surface area contributed by atoms with Gasteiger partial charge in [0.05, 0.1) is 0 Å². The van der Waals surface area contributed by atoms with Crippen molar-refractivity contribution in [3.63, 3.8) is 0 Å². The second kappa shape index (κ2) is 4.42. The van der Waals surface area contributed by atoms with E-state index in [9.17, 15) is 4.79 Å². The number of nitrogens with zero attached hydrogens (tertiary/aromatic N) is 1. The van der Waals surface area contributed by atoms with Crippen LogP contribution in [0.5, 0.6) is 0 Å². The third-order valence-corrected chi connectivity index (χ3v) is 2.26. The second-order valence-corrected chi connectivity index (χ2v) is 3.88. The Morgan fingerprint density at radius 2 is 1.92 bits per heavy atom. The van der Waals surface area contributed by atoms with Gasteiger partial charge in [-0.2, -0.15) is 0 Å². The molecule has 0 radical (unpaired) electrons. The molecule has 0 unspecified atom stereocenters. The third kappa shape index (κ3) is 3.19. The van der Waals surface area contributed by atoms with Gasteiger partial charge in [0.25, 0.3) is 0 Å². The summed E-state index contributed by atoms with van der Waals surface area (Å²) in [5, 5.41) is 0. The lowest BCUT2D eigenvalue weighted by Gasteiger charge is -2.29. The highest BCUT2D eigenvalue weighted by Gasteiger charge is 2.18. The molecule has 2 N–H and O–H groups in total. The lowest BCUT2D eigenvalue weighted by Crippen LogP contribution is -2.42. The van der Waals surface area contributed by atoms with Crippen molar-refractivity contribution >= 4 is 5.91 Å². The monoisotopic (exact) mass is 182 g/mol. The number of piperidine rings is 1. The highest BCUT2D eigenvalue weighted by Crippen LogP contribution is 2.09. The molecule has 3 heteroatoms. The molecule has 0 aromatic carbocycles. The molecular formula is C10H18N2O. The van der Waals surface area contributed by atoms with E-state index in [1.54, 1.807) is 6.08 Å². The molecule has 13 heavy (non-hydrogen) atoms. The van der Waals surface area contributed by atoms with Crippen molar-refractivity contribution < 1.29 is 4.79 Å². The van der Waals surface area contributed by atoms with Crippen LogP contribution in [0.25, 0.3) is 0 Å². The number of hydrogen-bond acceptors (Lipinski definition) is 2. The van der Waals surface area contributed by atoms with Crippen molar-refractivity contribution in [2.75, 3.05) is 13.1 Å². The summed E-state index contributed by atoms with van der Waals surface area (Å²) >= 11 is 0. The van der Waals surface area contributed by atoms with Gasteiger partial charge in [-0.1, -0.05) is 5.57 Å². The van der Waals surface area contributed by atoms with Gasteiger partial charge in [0.15, 0.2) is 0 Å². The molecule has 1 aliphatic heterocycles. The molecule has 1 fully saturated rings. The van der Waals surface area contributed by atoms with Crippen molar-refractivity contribution in [1.29, 1.82) is 0 Å². The van der Waals surface area contributed by atoms with Crippen LogP contribution in [0.1, 0.15) is 26.7 Å². The molecule has 1 saturated heterocycles. The molecule has 1 amide bonds. The number of nitrogens with two attached hydrogens (primary N) is 1. The van der Waals surface area contributed by atoms with Gasteiger partial charge in [0, 0.05) is 25.2 Å². The molecule has 0 aromatic rings. The predicted molar refractivity (Wildman–Crippen MR) is 53.2 cm³/mol. The van der Waals surface area contributed by atoms with Gasteiger partial charge in [-0.3, -0.25) is 4.79 Å². The van der Waals surface area contributed by atoms with Gasteiger partial charge in [-0.15, -0.1) is 0 Å². The summed E-state index contributed by atoms with van der Waals surface area (Å²) in [6.07, 6.45) is 3.56. The van der Waals surface area contributed by atoms with Crippen LogP contribution in [0, 0.1) is 0 Å². The number of likely N-dealkylation sites (tertiary alicyclic amines) is 1. The maximum absolute atomic E-state index is 11.5. The number of amides is 1. The molecule has 1 heterocycles. The molecule has 0 spiro atoms. The van der Waals surface area contributed by atoms with E-state index < -0.39 is 0 Å². The van der Waals surface area contributed by atoms with Crippen molar-refractivity contribution in [1.82, 2.24) is 4.90 Å². The van der Waals surface area contributed by atoms with E-state index in [0.717, 1.165) is 31.5 Å². The molecule has 1 aliphatic rings. The van der Waals surface area contributed by atoms with Gasteiger partial charge >= 0.3 is 0 Å². The number of carbonyl (C=O) groups is 1. The first-order valence-corrected chi connectivity index (χ1v) is 4.79. The van der Waals surface area contributed by atoms with Gasteiger partial charge < -0.3 is 10.6 Å². The highest BCUT2D eigenvalue weighted by atomic mass is 16.2.